The van der Waals surface area contributed by atoms with Crippen molar-refractivity contribution in [1.29, 1.82) is 0 Å². The molecule has 16 heavy (non-hydrogen) atoms. The van der Waals surface area contributed by atoms with Gasteiger partial charge in [0.1, 0.15) is 0 Å². The summed E-state index contributed by atoms with van der Waals surface area (Å²) in [7, 11) is 0. The van der Waals surface area contributed by atoms with Gasteiger partial charge in [-0.05, 0) is 50.5 Å². The minimum atomic E-state index is -0.179. The van der Waals surface area contributed by atoms with E-state index in [1.165, 1.54) is 5.06 Å². The van der Waals surface area contributed by atoms with Crippen LogP contribution in [0.25, 0.3) is 0 Å². The summed E-state index contributed by atoms with van der Waals surface area (Å²) in [6, 6.07) is 0.434. The Bertz CT molecular complexity index is 347. The number of hydroxylamine groups is 2. The van der Waals surface area contributed by atoms with Crippen LogP contribution >= 0.6 is 0 Å². The van der Waals surface area contributed by atoms with Gasteiger partial charge in [-0.3, -0.25) is 4.79 Å². The number of Topliss-reactive ketones (excluding diaryl/α,β-unsaturated/α-hetero) is 1. The molecule has 0 radical (unpaired) electrons. The second-order valence-electron chi connectivity index (χ2n) is 6.03. The molecule has 4 bridgehead atoms. The van der Waals surface area contributed by atoms with Gasteiger partial charge in [-0.15, -0.1) is 0 Å². The molecule has 2 heterocycles. The molecule has 4 aliphatic rings. The lowest BCUT2D eigenvalue weighted by Gasteiger charge is -2.58. The molecule has 1 N–H and O–H groups in total. The second-order valence-corrected chi connectivity index (χ2v) is 6.03. The summed E-state index contributed by atoms with van der Waals surface area (Å²) in [5.41, 5.74) is 0.508. The lowest BCUT2D eigenvalue weighted by Crippen LogP contribution is -2.62. The normalized spacial score (nSPS) is 46.0. The first-order chi connectivity index (χ1) is 7.52. The number of rotatable bonds is 2. The molecule has 4 fully saturated rings. The topological polar surface area (TPSA) is 40.5 Å². The van der Waals surface area contributed by atoms with Gasteiger partial charge in [0, 0.05) is 17.5 Å². The van der Waals surface area contributed by atoms with E-state index >= 15 is 0 Å². The minimum Gasteiger partial charge on any atom is -0.313 e. The van der Waals surface area contributed by atoms with Crippen molar-refractivity contribution in [3.63, 3.8) is 0 Å². The van der Waals surface area contributed by atoms with Gasteiger partial charge >= 0.3 is 0 Å². The Morgan fingerprint density at radius 1 is 1.31 bits per heavy atom. The Morgan fingerprint density at radius 2 is 1.88 bits per heavy atom. The van der Waals surface area contributed by atoms with Gasteiger partial charge in [0.05, 0.1) is 0 Å². The zero-order valence-corrected chi connectivity index (χ0v) is 9.78. The molecular weight excluding hydrogens is 202 g/mol. The summed E-state index contributed by atoms with van der Waals surface area (Å²) in [5, 5.41) is 11.5. The number of hydrogen-bond donors (Lipinski definition) is 1. The van der Waals surface area contributed by atoms with Crippen molar-refractivity contribution in [2.45, 2.75) is 51.1 Å². The molecule has 2 unspecified atom stereocenters. The number of allylic oxidation sites excluding steroid dienone is 1. The molecule has 2 saturated heterocycles. The summed E-state index contributed by atoms with van der Waals surface area (Å²) in [6.07, 6.45) is 4.83. The fourth-order valence-electron chi connectivity index (χ4n) is 4.34. The van der Waals surface area contributed by atoms with E-state index in [0.29, 0.717) is 11.5 Å². The fraction of sp³-hybridized carbons (Fsp3) is 0.769. The standard InChI is InChI=1S/C13H19NO2/c1-8(2)12(15)13-5-9-3-10(6-13)14(16)11(4-9)7-13/h9-11,16H,1,3-7H2,2H3. The average Bonchev–Trinajstić information content (AvgIpc) is 2.23. The lowest BCUT2D eigenvalue weighted by molar-refractivity contribution is -0.245. The number of carbonyl (C=O) groups excluding carboxylic acids is 1. The second kappa shape index (κ2) is 3.17. The Balaban J connectivity index is 1.94. The molecule has 2 atom stereocenters. The third-order valence-electron chi connectivity index (χ3n) is 4.76. The molecule has 2 saturated carbocycles. The summed E-state index contributed by atoms with van der Waals surface area (Å²) in [4.78, 5) is 12.3. The molecule has 0 aromatic rings. The maximum absolute atomic E-state index is 12.3. The summed E-state index contributed by atoms with van der Waals surface area (Å²) < 4.78 is 0. The Hall–Kier alpha value is -0.670. The lowest BCUT2D eigenvalue weighted by atomic mass is 9.54. The smallest absolute Gasteiger partial charge is 0.164 e. The van der Waals surface area contributed by atoms with Gasteiger partial charge in [-0.2, -0.15) is 5.06 Å². The Morgan fingerprint density at radius 3 is 2.38 bits per heavy atom. The van der Waals surface area contributed by atoms with Crippen molar-refractivity contribution in [1.82, 2.24) is 5.06 Å². The molecule has 2 aliphatic carbocycles. The van der Waals surface area contributed by atoms with Crippen LogP contribution in [0.2, 0.25) is 0 Å². The highest BCUT2D eigenvalue weighted by Crippen LogP contribution is 2.56. The summed E-state index contributed by atoms with van der Waals surface area (Å²) >= 11 is 0. The van der Waals surface area contributed by atoms with Gasteiger partial charge in [0.25, 0.3) is 0 Å². The van der Waals surface area contributed by atoms with Crippen molar-refractivity contribution >= 4 is 5.78 Å². The SMILES string of the molecule is C=C(C)C(=O)C12CC3CC(C1)N(O)C(C3)C2. The summed E-state index contributed by atoms with van der Waals surface area (Å²) in [5.74, 6) is 0.893. The van der Waals surface area contributed by atoms with Crippen molar-refractivity contribution in [3.05, 3.63) is 12.2 Å². The minimum absolute atomic E-state index is 0.179. The van der Waals surface area contributed by atoms with E-state index < -0.39 is 0 Å². The quantitative estimate of drug-likeness (QED) is 0.726. The van der Waals surface area contributed by atoms with E-state index in [-0.39, 0.29) is 23.3 Å². The average molecular weight is 221 g/mol. The maximum Gasteiger partial charge on any atom is 0.164 e. The van der Waals surface area contributed by atoms with Crippen LogP contribution in [0.15, 0.2) is 12.2 Å². The van der Waals surface area contributed by atoms with Crippen LogP contribution in [-0.4, -0.2) is 28.1 Å². The Kier molecular flexibility index (Phi) is 2.08. The van der Waals surface area contributed by atoms with Gasteiger partial charge in [-0.1, -0.05) is 6.58 Å². The number of hydrogen-bond acceptors (Lipinski definition) is 3. The van der Waals surface area contributed by atoms with Gasteiger partial charge in [0.15, 0.2) is 5.78 Å². The van der Waals surface area contributed by atoms with E-state index in [1.807, 2.05) is 6.92 Å². The molecule has 3 nitrogen and oxygen atoms in total. The number of carbonyl (C=O) groups is 1. The first kappa shape index (κ1) is 10.5. The van der Waals surface area contributed by atoms with E-state index in [1.54, 1.807) is 0 Å². The summed E-state index contributed by atoms with van der Waals surface area (Å²) in [6.45, 7) is 5.62. The van der Waals surface area contributed by atoms with Crippen LogP contribution in [0.5, 0.6) is 0 Å². The van der Waals surface area contributed by atoms with E-state index in [0.717, 1.165) is 32.1 Å². The van der Waals surface area contributed by atoms with Crippen LogP contribution in [0.3, 0.4) is 0 Å². The monoisotopic (exact) mass is 221 g/mol. The zero-order chi connectivity index (χ0) is 11.5. The first-order valence-corrected chi connectivity index (χ1v) is 6.19. The van der Waals surface area contributed by atoms with Crippen molar-refractivity contribution < 1.29 is 10.0 Å². The van der Waals surface area contributed by atoms with Crippen LogP contribution in [-0.2, 0) is 4.79 Å². The van der Waals surface area contributed by atoms with Gasteiger partial charge in [0.2, 0.25) is 0 Å². The van der Waals surface area contributed by atoms with Crippen molar-refractivity contribution in [3.8, 4) is 0 Å². The predicted molar refractivity (Wildman–Crippen MR) is 60.0 cm³/mol. The molecular formula is C13H19NO2. The van der Waals surface area contributed by atoms with Crippen LogP contribution in [0.1, 0.15) is 39.0 Å². The van der Waals surface area contributed by atoms with Gasteiger partial charge < -0.3 is 5.21 Å². The fourth-order valence-corrected chi connectivity index (χ4v) is 4.34. The van der Waals surface area contributed by atoms with E-state index in [2.05, 4.69) is 6.58 Å². The van der Waals surface area contributed by atoms with Crippen LogP contribution in [0.4, 0.5) is 0 Å². The van der Waals surface area contributed by atoms with E-state index in [4.69, 9.17) is 0 Å². The van der Waals surface area contributed by atoms with Crippen molar-refractivity contribution in [2.24, 2.45) is 11.3 Å². The zero-order valence-electron chi connectivity index (χ0n) is 9.78. The molecule has 0 spiro atoms. The highest BCUT2D eigenvalue weighted by Gasteiger charge is 2.57. The van der Waals surface area contributed by atoms with Gasteiger partial charge in [-0.25, -0.2) is 0 Å². The molecule has 4 rings (SSSR count). The predicted octanol–water partition coefficient (Wildman–Crippen LogP) is 2.15. The molecule has 0 aromatic heterocycles. The molecule has 3 heteroatoms. The highest BCUT2D eigenvalue weighted by atomic mass is 16.5. The third-order valence-corrected chi connectivity index (χ3v) is 4.76. The Labute approximate surface area is 96.1 Å². The highest BCUT2D eigenvalue weighted by molar-refractivity contribution is 5.99. The molecule has 0 aromatic carbocycles. The largest absolute Gasteiger partial charge is 0.313 e. The van der Waals surface area contributed by atoms with Crippen molar-refractivity contribution in [2.75, 3.05) is 0 Å². The maximum atomic E-state index is 12.3. The molecule has 0 amide bonds. The molecule has 2 aliphatic heterocycles. The molecule has 88 valence electrons. The first-order valence-electron chi connectivity index (χ1n) is 6.19. The van der Waals surface area contributed by atoms with E-state index in [9.17, 15) is 10.0 Å². The van der Waals surface area contributed by atoms with Crippen LogP contribution in [0, 0.1) is 11.3 Å². The third kappa shape index (κ3) is 1.25. The number of nitrogens with zero attached hydrogens (tertiary/aromatic N) is 1. The number of piperidine rings is 2. The number of ketones is 1. The van der Waals surface area contributed by atoms with Crippen LogP contribution < -0.4 is 0 Å².